The first-order valence-electron chi connectivity index (χ1n) is 2.96. The summed E-state index contributed by atoms with van der Waals surface area (Å²) < 4.78 is 9.38. The number of benzene rings is 1. The van der Waals surface area contributed by atoms with Crippen LogP contribution in [0.3, 0.4) is 0 Å². The molecule has 0 N–H and O–H groups in total. The van der Waals surface area contributed by atoms with Crippen molar-refractivity contribution in [1.82, 2.24) is 0 Å². The Hall–Kier alpha value is -0.490. The van der Waals surface area contributed by atoms with Crippen LogP contribution in [0.1, 0.15) is 0 Å². The molecule has 0 heterocycles. The van der Waals surface area contributed by atoms with Gasteiger partial charge in [-0.15, -0.1) is 3.22 Å². The highest BCUT2D eigenvalue weighted by atomic mass is 127. The molecule has 0 bridgehead atoms. The lowest BCUT2D eigenvalue weighted by molar-refractivity contribution is -0.0472. The third-order valence-corrected chi connectivity index (χ3v) is 1.37. The van der Waals surface area contributed by atoms with Gasteiger partial charge in [0.1, 0.15) is 5.75 Å². The van der Waals surface area contributed by atoms with Gasteiger partial charge in [-0.05, 0) is 24.3 Å². The Bertz CT molecular complexity index is 209. The molecule has 0 unspecified atom stereocenters. The molecular formula is C7H7IO3. The number of methoxy groups -OCH3 is 1. The maximum absolute atomic E-state index is 4.95. The van der Waals surface area contributed by atoms with Crippen molar-refractivity contribution in [1.29, 1.82) is 0 Å². The van der Waals surface area contributed by atoms with Crippen LogP contribution < -0.4 is 9.62 Å². The lowest BCUT2D eigenvalue weighted by atomic mass is 10.3. The topological polar surface area (TPSA) is 27.7 Å². The van der Waals surface area contributed by atoms with Crippen LogP contribution in [0.2, 0.25) is 0 Å². The van der Waals surface area contributed by atoms with Crippen molar-refractivity contribution in [3.05, 3.63) is 24.3 Å². The van der Waals surface area contributed by atoms with Crippen LogP contribution in [0, 0.1) is 0 Å². The van der Waals surface area contributed by atoms with Crippen LogP contribution in [0.15, 0.2) is 24.3 Å². The summed E-state index contributed by atoms with van der Waals surface area (Å²) in [5, 5.41) is 0. The summed E-state index contributed by atoms with van der Waals surface area (Å²) in [6.07, 6.45) is 0. The van der Waals surface area contributed by atoms with E-state index in [1.165, 1.54) is 0 Å². The first-order chi connectivity index (χ1) is 5.36. The maximum Gasteiger partial charge on any atom is 0.170 e. The van der Waals surface area contributed by atoms with Crippen molar-refractivity contribution < 1.29 is 12.8 Å². The van der Waals surface area contributed by atoms with Gasteiger partial charge in [-0.1, -0.05) is 0 Å². The summed E-state index contributed by atoms with van der Waals surface area (Å²) in [6.45, 7) is 0. The molecule has 1 rings (SSSR count). The van der Waals surface area contributed by atoms with Gasteiger partial charge in [0, 0.05) is 0 Å². The predicted octanol–water partition coefficient (Wildman–Crippen LogP) is 2.36. The molecule has 0 atom stereocenters. The van der Waals surface area contributed by atoms with E-state index >= 15 is 0 Å². The second-order valence-electron chi connectivity index (χ2n) is 1.82. The summed E-state index contributed by atoms with van der Waals surface area (Å²) in [6, 6.07) is 7.12. The molecule has 0 saturated carbocycles. The highest BCUT2D eigenvalue weighted by Crippen LogP contribution is 2.17. The minimum absolute atomic E-state index is 0.653. The van der Waals surface area contributed by atoms with E-state index in [2.05, 4.69) is 3.22 Å². The Balaban J connectivity index is 2.66. The summed E-state index contributed by atoms with van der Waals surface area (Å²) in [4.78, 5) is 4.74. The molecule has 1 aromatic carbocycles. The monoisotopic (exact) mass is 266 g/mol. The number of ether oxygens (including phenoxy) is 1. The van der Waals surface area contributed by atoms with E-state index < -0.39 is 0 Å². The molecule has 0 saturated heterocycles. The Morgan fingerprint density at radius 3 is 2.09 bits per heavy atom. The molecular weight excluding hydrogens is 259 g/mol. The molecule has 0 aliphatic heterocycles. The SMILES string of the molecule is COc1ccc(OOI)cc1. The van der Waals surface area contributed by atoms with E-state index in [1.807, 2.05) is 0 Å². The molecule has 0 aliphatic carbocycles. The Labute approximate surface area is 78.9 Å². The summed E-state index contributed by atoms with van der Waals surface area (Å²) >= 11 is 1.66. The van der Waals surface area contributed by atoms with Gasteiger partial charge >= 0.3 is 0 Å². The van der Waals surface area contributed by atoms with E-state index in [4.69, 9.17) is 9.62 Å². The first-order valence-corrected chi connectivity index (χ1v) is 3.84. The third-order valence-electron chi connectivity index (χ3n) is 1.19. The lowest BCUT2D eigenvalue weighted by Gasteiger charge is -2.00. The fourth-order valence-corrected chi connectivity index (χ4v) is 0.875. The van der Waals surface area contributed by atoms with E-state index in [1.54, 1.807) is 54.4 Å². The highest BCUT2D eigenvalue weighted by Gasteiger charge is 1.93. The molecule has 0 aromatic heterocycles. The average molecular weight is 266 g/mol. The van der Waals surface area contributed by atoms with Crippen LogP contribution in [0.5, 0.6) is 11.5 Å². The fourth-order valence-electron chi connectivity index (χ4n) is 0.668. The van der Waals surface area contributed by atoms with Gasteiger partial charge in [0.15, 0.2) is 28.8 Å². The van der Waals surface area contributed by atoms with Gasteiger partial charge in [-0.2, -0.15) is 0 Å². The molecule has 0 aliphatic rings. The standard InChI is InChI=1S/C7H7IO3/c1-9-6-2-4-7(5-3-6)10-11-8/h2-5H,1H3. The minimum atomic E-state index is 0.653. The lowest BCUT2D eigenvalue weighted by Crippen LogP contribution is -1.86. The largest absolute Gasteiger partial charge is 0.497 e. The molecule has 0 radical (unpaired) electrons. The number of hydrogen-bond donors (Lipinski definition) is 0. The second kappa shape index (κ2) is 4.40. The quantitative estimate of drug-likeness (QED) is 0.477. The Morgan fingerprint density at radius 2 is 1.64 bits per heavy atom. The maximum atomic E-state index is 4.95. The zero-order valence-corrected chi connectivity index (χ0v) is 8.07. The van der Waals surface area contributed by atoms with Crippen LogP contribution in [-0.2, 0) is 3.22 Å². The number of hydrogen-bond acceptors (Lipinski definition) is 3. The van der Waals surface area contributed by atoms with E-state index in [-0.39, 0.29) is 0 Å². The normalized spacial score (nSPS) is 9.27. The fraction of sp³-hybridized carbons (Fsp3) is 0.143. The average Bonchev–Trinajstić information content (AvgIpc) is 2.07. The second-order valence-corrected chi connectivity index (χ2v) is 2.18. The van der Waals surface area contributed by atoms with Gasteiger partial charge in [-0.25, -0.2) is 0 Å². The molecule has 4 heteroatoms. The van der Waals surface area contributed by atoms with E-state index in [0.717, 1.165) is 5.75 Å². The summed E-state index contributed by atoms with van der Waals surface area (Å²) in [5.74, 6) is 1.45. The molecule has 11 heavy (non-hydrogen) atoms. The number of halogens is 1. The summed E-state index contributed by atoms with van der Waals surface area (Å²) in [7, 11) is 1.62. The Kier molecular flexibility index (Phi) is 3.44. The van der Waals surface area contributed by atoms with Gasteiger partial charge < -0.3 is 9.62 Å². The molecule has 1 aromatic rings. The third kappa shape index (κ3) is 2.55. The van der Waals surface area contributed by atoms with Crippen LogP contribution in [0.25, 0.3) is 0 Å². The van der Waals surface area contributed by atoms with Crippen molar-refractivity contribution in [2.45, 2.75) is 0 Å². The molecule has 0 fully saturated rings. The highest BCUT2D eigenvalue weighted by molar-refractivity contribution is 14.1. The van der Waals surface area contributed by atoms with Crippen molar-refractivity contribution in [3.63, 3.8) is 0 Å². The van der Waals surface area contributed by atoms with Crippen LogP contribution in [0.4, 0.5) is 0 Å². The molecule has 60 valence electrons. The zero-order valence-electron chi connectivity index (χ0n) is 5.91. The van der Waals surface area contributed by atoms with Gasteiger partial charge in [-0.3, -0.25) is 0 Å². The smallest absolute Gasteiger partial charge is 0.170 e. The van der Waals surface area contributed by atoms with Gasteiger partial charge in [0.25, 0.3) is 0 Å². The summed E-state index contributed by atoms with van der Waals surface area (Å²) in [5.41, 5.74) is 0. The Morgan fingerprint density at radius 1 is 1.09 bits per heavy atom. The minimum Gasteiger partial charge on any atom is -0.497 e. The van der Waals surface area contributed by atoms with Crippen molar-refractivity contribution in [2.24, 2.45) is 0 Å². The van der Waals surface area contributed by atoms with Crippen molar-refractivity contribution in [2.75, 3.05) is 7.11 Å². The van der Waals surface area contributed by atoms with E-state index in [9.17, 15) is 0 Å². The van der Waals surface area contributed by atoms with Crippen LogP contribution in [-0.4, -0.2) is 7.11 Å². The zero-order chi connectivity index (χ0) is 8.10. The molecule has 0 amide bonds. The van der Waals surface area contributed by atoms with Crippen molar-refractivity contribution >= 4 is 23.0 Å². The number of rotatable bonds is 3. The van der Waals surface area contributed by atoms with Gasteiger partial charge in [0.2, 0.25) is 0 Å². The van der Waals surface area contributed by atoms with E-state index in [0.29, 0.717) is 5.75 Å². The molecule has 0 spiro atoms. The van der Waals surface area contributed by atoms with Gasteiger partial charge in [0.05, 0.1) is 7.11 Å². The molecule has 3 nitrogen and oxygen atoms in total. The van der Waals surface area contributed by atoms with Crippen molar-refractivity contribution in [3.8, 4) is 11.5 Å². The first kappa shape index (κ1) is 8.61. The van der Waals surface area contributed by atoms with Crippen LogP contribution >= 0.6 is 23.0 Å². The predicted molar refractivity (Wildman–Crippen MR) is 48.7 cm³/mol.